The first-order chi connectivity index (χ1) is 13.0. The molecular weight excluding hydrogens is 342 g/mol. The van der Waals surface area contributed by atoms with Crippen LogP contribution in [0.25, 0.3) is 22.1 Å². The highest BCUT2D eigenvalue weighted by atomic mass is 16.2. The third kappa shape index (κ3) is 2.81. The maximum atomic E-state index is 12.7. The number of nitrogens with zero attached hydrogens (tertiary/aromatic N) is 4. The molecule has 0 atom stereocenters. The minimum Gasteiger partial charge on any atom is -0.324 e. The lowest BCUT2D eigenvalue weighted by atomic mass is 10.2. The van der Waals surface area contributed by atoms with Gasteiger partial charge in [-0.05, 0) is 30.3 Å². The summed E-state index contributed by atoms with van der Waals surface area (Å²) >= 11 is 0. The number of fused-ring (bicyclic) bond motifs is 2. The maximum absolute atomic E-state index is 12.7. The van der Waals surface area contributed by atoms with Crippen LogP contribution in [0.3, 0.4) is 0 Å². The molecule has 0 aliphatic heterocycles. The van der Waals surface area contributed by atoms with E-state index >= 15 is 0 Å². The fraction of sp³-hybridized carbons (Fsp3) is 0.250. The van der Waals surface area contributed by atoms with Crippen molar-refractivity contribution in [1.29, 1.82) is 0 Å². The number of anilines is 1. The predicted octanol–water partition coefficient (Wildman–Crippen LogP) is 2.43. The molecule has 0 bridgehead atoms. The Morgan fingerprint density at radius 2 is 1.78 bits per heavy atom. The number of para-hydroxylation sites is 2. The fourth-order valence-corrected chi connectivity index (χ4v) is 3.50. The molecule has 7 heteroatoms. The molecule has 1 amide bonds. The number of benzene rings is 2. The van der Waals surface area contributed by atoms with E-state index in [4.69, 9.17) is 0 Å². The highest BCUT2D eigenvalue weighted by Gasteiger charge is 2.13. The van der Waals surface area contributed by atoms with Crippen molar-refractivity contribution in [3.8, 4) is 0 Å². The van der Waals surface area contributed by atoms with E-state index < -0.39 is 0 Å². The molecule has 4 aromatic rings. The van der Waals surface area contributed by atoms with Crippen molar-refractivity contribution < 1.29 is 4.79 Å². The van der Waals surface area contributed by atoms with E-state index in [1.165, 1.54) is 0 Å². The number of carbonyl (C=O) groups is 1. The summed E-state index contributed by atoms with van der Waals surface area (Å²) in [5.41, 5.74) is 4.02. The van der Waals surface area contributed by atoms with Gasteiger partial charge in [0, 0.05) is 26.2 Å². The normalized spacial score (nSPS) is 11.4. The second kappa shape index (κ2) is 6.42. The maximum Gasteiger partial charge on any atom is 0.328 e. The topological polar surface area (TPSA) is 73.8 Å². The van der Waals surface area contributed by atoms with Crippen molar-refractivity contribution in [1.82, 2.24) is 18.7 Å². The Kier molecular flexibility index (Phi) is 4.07. The lowest BCUT2D eigenvalue weighted by Crippen LogP contribution is -2.20. The fourth-order valence-electron chi connectivity index (χ4n) is 3.50. The number of nitrogens with one attached hydrogen (secondary N) is 1. The van der Waals surface area contributed by atoms with Gasteiger partial charge in [0.1, 0.15) is 12.4 Å². The summed E-state index contributed by atoms with van der Waals surface area (Å²) in [6.45, 7) is 2.22. The molecule has 2 heterocycles. The monoisotopic (exact) mass is 363 g/mol. The minimum atomic E-state index is -0.131. The van der Waals surface area contributed by atoms with Gasteiger partial charge in [0.05, 0.1) is 22.1 Å². The number of hydrogen-bond donors (Lipinski definition) is 1. The van der Waals surface area contributed by atoms with Crippen molar-refractivity contribution in [3.05, 3.63) is 58.8 Å². The highest BCUT2D eigenvalue weighted by Crippen LogP contribution is 2.19. The zero-order valence-corrected chi connectivity index (χ0v) is 15.6. The molecule has 2 aromatic carbocycles. The Hall–Kier alpha value is -3.35. The van der Waals surface area contributed by atoms with Crippen LogP contribution in [-0.2, 0) is 31.9 Å². The molecule has 0 aliphatic rings. The van der Waals surface area contributed by atoms with Gasteiger partial charge < -0.3 is 9.88 Å². The molecule has 27 heavy (non-hydrogen) atoms. The highest BCUT2D eigenvalue weighted by molar-refractivity contribution is 5.94. The molecule has 0 radical (unpaired) electrons. The van der Waals surface area contributed by atoms with E-state index in [1.807, 2.05) is 54.0 Å². The summed E-state index contributed by atoms with van der Waals surface area (Å²) < 4.78 is 5.11. The zero-order valence-electron chi connectivity index (χ0n) is 15.6. The van der Waals surface area contributed by atoms with Gasteiger partial charge in [-0.3, -0.25) is 13.9 Å². The molecule has 0 aliphatic carbocycles. The number of amides is 1. The van der Waals surface area contributed by atoms with Crippen molar-refractivity contribution in [3.63, 3.8) is 0 Å². The summed E-state index contributed by atoms with van der Waals surface area (Å²) in [4.78, 5) is 29.3. The average molecular weight is 363 g/mol. The largest absolute Gasteiger partial charge is 0.328 e. The molecule has 2 aromatic heterocycles. The van der Waals surface area contributed by atoms with E-state index in [0.717, 1.165) is 34.3 Å². The first-order valence-electron chi connectivity index (χ1n) is 8.89. The number of hydrogen-bond acceptors (Lipinski definition) is 3. The molecule has 0 saturated heterocycles. The van der Waals surface area contributed by atoms with Gasteiger partial charge in [0.15, 0.2) is 0 Å². The average Bonchev–Trinajstić information content (AvgIpc) is 3.13. The summed E-state index contributed by atoms with van der Waals surface area (Å²) in [7, 11) is 3.46. The third-order valence-corrected chi connectivity index (χ3v) is 4.91. The molecule has 7 nitrogen and oxygen atoms in total. The summed E-state index contributed by atoms with van der Waals surface area (Å²) in [6.07, 6.45) is 0.750. The van der Waals surface area contributed by atoms with Crippen LogP contribution in [0.15, 0.2) is 47.3 Å². The minimum absolute atomic E-state index is 0.0917. The molecule has 0 spiro atoms. The van der Waals surface area contributed by atoms with Crippen molar-refractivity contribution in [2.75, 3.05) is 5.32 Å². The number of aromatic nitrogens is 4. The summed E-state index contributed by atoms with van der Waals surface area (Å²) in [5, 5.41) is 2.93. The van der Waals surface area contributed by atoms with Crippen molar-refractivity contribution in [2.45, 2.75) is 19.9 Å². The molecule has 1 N–H and O–H groups in total. The predicted molar refractivity (Wildman–Crippen MR) is 106 cm³/mol. The van der Waals surface area contributed by atoms with Gasteiger partial charge in [0.25, 0.3) is 0 Å². The van der Waals surface area contributed by atoms with E-state index in [0.29, 0.717) is 5.69 Å². The number of rotatable bonds is 4. The van der Waals surface area contributed by atoms with Gasteiger partial charge in [0.2, 0.25) is 5.91 Å². The first-order valence-corrected chi connectivity index (χ1v) is 8.89. The Labute approximate surface area is 155 Å². The van der Waals surface area contributed by atoms with Crippen LogP contribution in [0.5, 0.6) is 0 Å². The van der Waals surface area contributed by atoms with Crippen LogP contribution >= 0.6 is 0 Å². The van der Waals surface area contributed by atoms with Crippen LogP contribution in [0.4, 0.5) is 5.69 Å². The van der Waals surface area contributed by atoms with Crippen LogP contribution in [0.1, 0.15) is 12.7 Å². The standard InChI is InChI=1S/C20H21N5O2/c1-4-18-22-14-7-5-6-8-15(14)25(18)12-19(26)21-13-9-10-16-17(11-13)24(3)20(27)23(16)2/h5-11H,4,12H2,1-3H3,(H,21,26). The van der Waals surface area contributed by atoms with Crippen molar-refractivity contribution >= 4 is 33.7 Å². The van der Waals surface area contributed by atoms with E-state index in [1.54, 1.807) is 23.2 Å². The second-order valence-electron chi connectivity index (χ2n) is 6.61. The van der Waals surface area contributed by atoms with E-state index in [9.17, 15) is 9.59 Å². The molecule has 4 rings (SSSR count). The van der Waals surface area contributed by atoms with Crippen LogP contribution in [0.2, 0.25) is 0 Å². The molecule has 0 fully saturated rings. The molecule has 0 saturated carbocycles. The number of aryl methyl sites for hydroxylation is 3. The second-order valence-corrected chi connectivity index (χ2v) is 6.61. The quantitative estimate of drug-likeness (QED) is 0.605. The number of imidazole rings is 2. The number of carbonyl (C=O) groups excluding carboxylic acids is 1. The molecule has 138 valence electrons. The van der Waals surface area contributed by atoms with Crippen LogP contribution < -0.4 is 11.0 Å². The van der Waals surface area contributed by atoms with Gasteiger partial charge in [-0.25, -0.2) is 9.78 Å². The van der Waals surface area contributed by atoms with E-state index in [-0.39, 0.29) is 18.1 Å². The van der Waals surface area contributed by atoms with Crippen LogP contribution in [-0.4, -0.2) is 24.6 Å². The van der Waals surface area contributed by atoms with E-state index in [2.05, 4.69) is 10.3 Å². The van der Waals surface area contributed by atoms with Gasteiger partial charge in [-0.1, -0.05) is 19.1 Å². The zero-order chi connectivity index (χ0) is 19.1. The smallest absolute Gasteiger partial charge is 0.324 e. The molecular formula is C20H21N5O2. The Morgan fingerprint density at radius 1 is 1.04 bits per heavy atom. The van der Waals surface area contributed by atoms with Gasteiger partial charge >= 0.3 is 5.69 Å². The van der Waals surface area contributed by atoms with Crippen molar-refractivity contribution in [2.24, 2.45) is 14.1 Å². The summed E-state index contributed by atoms with van der Waals surface area (Å²) in [6, 6.07) is 13.3. The molecule has 0 unspecified atom stereocenters. The third-order valence-electron chi connectivity index (χ3n) is 4.91. The first kappa shape index (κ1) is 17.1. The Balaban J connectivity index is 1.63. The SMILES string of the molecule is CCc1nc2ccccc2n1CC(=O)Nc1ccc2c(c1)n(C)c(=O)n2C. The lowest BCUT2D eigenvalue weighted by Gasteiger charge is -2.10. The van der Waals surface area contributed by atoms with Gasteiger partial charge in [-0.15, -0.1) is 0 Å². The van der Waals surface area contributed by atoms with Crippen LogP contribution in [0, 0.1) is 0 Å². The Bertz CT molecular complexity index is 1230. The Morgan fingerprint density at radius 3 is 2.56 bits per heavy atom. The lowest BCUT2D eigenvalue weighted by molar-refractivity contribution is -0.116. The van der Waals surface area contributed by atoms with Gasteiger partial charge in [-0.2, -0.15) is 0 Å². The summed E-state index contributed by atoms with van der Waals surface area (Å²) in [5.74, 6) is 0.750.